The lowest BCUT2D eigenvalue weighted by Crippen LogP contribution is -2.04. The van der Waals surface area contributed by atoms with Crippen molar-refractivity contribution >= 4 is 0 Å². The lowest BCUT2D eigenvalue weighted by atomic mass is 10.1. The third-order valence-electron chi connectivity index (χ3n) is 2.90. The average Bonchev–Trinajstić information content (AvgIpc) is 2.38. The van der Waals surface area contributed by atoms with Crippen molar-refractivity contribution in [2.75, 3.05) is 0 Å². The Balaban J connectivity index is 2.18. The highest BCUT2D eigenvalue weighted by Gasteiger charge is 2.11. The molecule has 2 rings (SSSR count). The van der Waals surface area contributed by atoms with Crippen LogP contribution in [0.4, 0.5) is 4.39 Å². The molecule has 0 unspecified atom stereocenters. The molecule has 0 aliphatic carbocycles. The topological polar surface area (TPSA) is 42.4 Å². The van der Waals surface area contributed by atoms with Gasteiger partial charge in [0.15, 0.2) is 0 Å². The highest BCUT2D eigenvalue weighted by Crippen LogP contribution is 2.26. The van der Waals surface area contributed by atoms with Crippen LogP contribution in [0.5, 0.6) is 5.75 Å². The summed E-state index contributed by atoms with van der Waals surface area (Å²) in [6.07, 6.45) is 0.918. The van der Waals surface area contributed by atoms with Gasteiger partial charge < -0.3 is 9.84 Å². The second kappa shape index (κ2) is 5.80. The molecular weight excluding hydrogens is 245 g/mol. The Morgan fingerprint density at radius 1 is 1.37 bits per heavy atom. The molecule has 4 heteroatoms. The van der Waals surface area contributed by atoms with E-state index in [1.54, 1.807) is 13.1 Å². The van der Waals surface area contributed by atoms with Crippen LogP contribution in [-0.4, -0.2) is 10.1 Å². The predicted molar refractivity (Wildman–Crippen MR) is 70.3 cm³/mol. The number of pyridine rings is 1. The van der Waals surface area contributed by atoms with Gasteiger partial charge in [0, 0.05) is 11.8 Å². The molecule has 100 valence electrons. The zero-order valence-corrected chi connectivity index (χ0v) is 10.9. The Morgan fingerprint density at radius 3 is 2.84 bits per heavy atom. The van der Waals surface area contributed by atoms with E-state index in [2.05, 4.69) is 4.98 Å². The minimum absolute atomic E-state index is 0.290. The minimum atomic E-state index is -0.782. The summed E-state index contributed by atoms with van der Waals surface area (Å²) in [6, 6.07) is 7.93. The van der Waals surface area contributed by atoms with Crippen molar-refractivity contribution in [1.82, 2.24) is 4.98 Å². The summed E-state index contributed by atoms with van der Waals surface area (Å²) in [7, 11) is 0. The standard InChI is InChI=1S/C15H16FNO2/c1-10-4-3-7-17-14(10)9-19-15-6-5-12(16)8-13(15)11(2)18/h3-8,11,18H,9H2,1-2H3/t11-/m0/s1. The van der Waals surface area contributed by atoms with Crippen LogP contribution in [-0.2, 0) is 6.61 Å². The van der Waals surface area contributed by atoms with E-state index in [0.29, 0.717) is 11.3 Å². The van der Waals surface area contributed by atoms with Crippen molar-refractivity contribution < 1.29 is 14.2 Å². The first-order valence-electron chi connectivity index (χ1n) is 6.08. The number of aryl methyl sites for hydroxylation is 1. The molecule has 1 atom stereocenters. The number of hydrogen-bond donors (Lipinski definition) is 1. The Labute approximate surface area is 111 Å². The van der Waals surface area contributed by atoms with Gasteiger partial charge >= 0.3 is 0 Å². The lowest BCUT2D eigenvalue weighted by molar-refractivity contribution is 0.189. The smallest absolute Gasteiger partial charge is 0.130 e. The molecule has 0 aliphatic heterocycles. The van der Waals surface area contributed by atoms with E-state index in [4.69, 9.17) is 4.74 Å². The summed E-state index contributed by atoms with van der Waals surface area (Å²) >= 11 is 0. The quantitative estimate of drug-likeness (QED) is 0.919. The van der Waals surface area contributed by atoms with Gasteiger partial charge in [0.2, 0.25) is 0 Å². The Hall–Kier alpha value is -1.94. The second-order valence-electron chi connectivity index (χ2n) is 4.41. The summed E-state index contributed by atoms with van der Waals surface area (Å²) in [4.78, 5) is 4.22. The molecule has 0 amide bonds. The molecule has 0 saturated heterocycles. The fraction of sp³-hybridized carbons (Fsp3) is 0.267. The molecule has 1 aromatic carbocycles. The highest BCUT2D eigenvalue weighted by molar-refractivity contribution is 5.35. The van der Waals surface area contributed by atoms with Gasteiger partial charge in [0.1, 0.15) is 18.2 Å². The van der Waals surface area contributed by atoms with Crippen LogP contribution < -0.4 is 4.74 Å². The second-order valence-corrected chi connectivity index (χ2v) is 4.41. The molecule has 3 nitrogen and oxygen atoms in total. The van der Waals surface area contributed by atoms with E-state index in [9.17, 15) is 9.50 Å². The van der Waals surface area contributed by atoms with Crippen LogP contribution in [0.1, 0.15) is 29.8 Å². The van der Waals surface area contributed by atoms with E-state index in [1.165, 1.54) is 18.2 Å². The third-order valence-corrected chi connectivity index (χ3v) is 2.90. The maximum absolute atomic E-state index is 13.2. The number of aromatic nitrogens is 1. The minimum Gasteiger partial charge on any atom is -0.487 e. The highest BCUT2D eigenvalue weighted by atomic mass is 19.1. The number of halogens is 1. The maximum atomic E-state index is 13.2. The number of benzene rings is 1. The van der Waals surface area contributed by atoms with E-state index in [0.717, 1.165) is 11.3 Å². The van der Waals surface area contributed by atoms with Crippen LogP contribution in [0, 0.1) is 12.7 Å². The van der Waals surface area contributed by atoms with Gasteiger partial charge in [-0.1, -0.05) is 6.07 Å². The van der Waals surface area contributed by atoms with Gasteiger partial charge in [0.25, 0.3) is 0 Å². The molecule has 1 heterocycles. The Bertz CT molecular complexity index is 570. The number of aliphatic hydroxyl groups excluding tert-OH is 1. The number of ether oxygens (including phenoxy) is 1. The van der Waals surface area contributed by atoms with Crippen molar-refractivity contribution in [3.8, 4) is 5.75 Å². The van der Waals surface area contributed by atoms with Crippen LogP contribution in [0.15, 0.2) is 36.5 Å². The molecule has 0 radical (unpaired) electrons. The molecule has 2 aromatic rings. The molecule has 0 fully saturated rings. The largest absolute Gasteiger partial charge is 0.487 e. The zero-order chi connectivity index (χ0) is 13.8. The van der Waals surface area contributed by atoms with Gasteiger partial charge in [-0.25, -0.2) is 4.39 Å². The molecule has 0 saturated carbocycles. The first-order valence-corrected chi connectivity index (χ1v) is 6.08. The van der Waals surface area contributed by atoms with E-state index < -0.39 is 11.9 Å². The van der Waals surface area contributed by atoms with E-state index >= 15 is 0 Å². The van der Waals surface area contributed by atoms with Crippen molar-refractivity contribution in [1.29, 1.82) is 0 Å². The number of aliphatic hydroxyl groups is 1. The van der Waals surface area contributed by atoms with E-state index in [-0.39, 0.29) is 6.61 Å². The molecule has 1 aromatic heterocycles. The molecule has 0 aliphatic rings. The van der Waals surface area contributed by atoms with Crippen LogP contribution in [0.2, 0.25) is 0 Å². The zero-order valence-electron chi connectivity index (χ0n) is 10.9. The lowest BCUT2D eigenvalue weighted by Gasteiger charge is -2.14. The SMILES string of the molecule is Cc1cccnc1COc1ccc(F)cc1[C@H](C)O. The van der Waals surface area contributed by atoms with Crippen molar-refractivity contribution in [3.63, 3.8) is 0 Å². The average molecular weight is 261 g/mol. The monoisotopic (exact) mass is 261 g/mol. The van der Waals surface area contributed by atoms with Gasteiger partial charge in [0.05, 0.1) is 11.8 Å². The third kappa shape index (κ3) is 3.29. The summed E-state index contributed by atoms with van der Waals surface area (Å²) in [5.74, 6) is 0.0821. The van der Waals surface area contributed by atoms with E-state index in [1.807, 2.05) is 19.1 Å². The summed E-state index contributed by atoms with van der Waals surface area (Å²) in [5.41, 5.74) is 2.29. The molecule has 0 bridgehead atoms. The normalized spacial score (nSPS) is 12.2. The first kappa shape index (κ1) is 13.5. The van der Waals surface area contributed by atoms with Gasteiger partial charge in [-0.15, -0.1) is 0 Å². The summed E-state index contributed by atoms with van der Waals surface area (Å²) < 4.78 is 18.8. The van der Waals surface area contributed by atoms with Crippen molar-refractivity contribution in [2.45, 2.75) is 26.6 Å². The summed E-state index contributed by atoms with van der Waals surface area (Å²) in [5, 5.41) is 9.62. The fourth-order valence-corrected chi connectivity index (χ4v) is 1.79. The molecule has 19 heavy (non-hydrogen) atoms. The molecule has 0 spiro atoms. The van der Waals surface area contributed by atoms with Gasteiger partial charge in [-0.2, -0.15) is 0 Å². The maximum Gasteiger partial charge on any atom is 0.130 e. The van der Waals surface area contributed by atoms with Crippen LogP contribution >= 0.6 is 0 Å². The first-order chi connectivity index (χ1) is 9.08. The van der Waals surface area contributed by atoms with Crippen LogP contribution in [0.3, 0.4) is 0 Å². The summed E-state index contributed by atoms with van der Waals surface area (Å²) in [6.45, 7) is 3.82. The number of hydrogen-bond acceptors (Lipinski definition) is 3. The number of rotatable bonds is 4. The molecular formula is C15H16FNO2. The van der Waals surface area contributed by atoms with Crippen LogP contribution in [0.25, 0.3) is 0 Å². The van der Waals surface area contributed by atoms with Crippen molar-refractivity contribution in [2.24, 2.45) is 0 Å². The fourth-order valence-electron chi connectivity index (χ4n) is 1.79. The van der Waals surface area contributed by atoms with Crippen molar-refractivity contribution in [3.05, 3.63) is 59.2 Å². The van der Waals surface area contributed by atoms with Gasteiger partial charge in [-0.3, -0.25) is 4.98 Å². The van der Waals surface area contributed by atoms with Gasteiger partial charge in [-0.05, 0) is 43.7 Å². The Morgan fingerprint density at radius 2 is 2.16 bits per heavy atom. The predicted octanol–water partition coefficient (Wildman–Crippen LogP) is 3.16. The Kier molecular flexibility index (Phi) is 4.12. The number of nitrogens with zero attached hydrogens (tertiary/aromatic N) is 1. The molecule has 1 N–H and O–H groups in total.